The van der Waals surface area contributed by atoms with E-state index < -0.39 is 12.2 Å². The number of carbonyl (C=O) groups is 1. The Morgan fingerprint density at radius 2 is 2.11 bits per heavy atom. The van der Waals surface area contributed by atoms with Crippen molar-refractivity contribution in [3.8, 4) is 11.3 Å². The maximum absolute atomic E-state index is 10.9. The number of benzene rings is 1. The van der Waals surface area contributed by atoms with Crippen molar-refractivity contribution in [1.82, 2.24) is 5.32 Å². The van der Waals surface area contributed by atoms with Crippen LogP contribution in [0.1, 0.15) is 11.7 Å². The third-order valence-corrected chi connectivity index (χ3v) is 2.73. The van der Waals surface area contributed by atoms with Crippen molar-refractivity contribution < 1.29 is 19.1 Å². The number of rotatable bonds is 4. The Morgan fingerprint density at radius 1 is 1.37 bits per heavy atom. The molecule has 0 aliphatic rings. The summed E-state index contributed by atoms with van der Waals surface area (Å²) in [6.07, 6.45) is 0.272. The van der Waals surface area contributed by atoms with Crippen LogP contribution in [0.25, 0.3) is 11.3 Å². The van der Waals surface area contributed by atoms with Crippen molar-refractivity contribution in [3.05, 3.63) is 48.2 Å². The maximum Gasteiger partial charge on any atom is 0.406 e. The van der Waals surface area contributed by atoms with Crippen LogP contribution in [0.4, 0.5) is 4.79 Å². The summed E-state index contributed by atoms with van der Waals surface area (Å²) in [6.45, 7) is 0.104. The molecule has 0 fully saturated rings. The molecule has 0 unspecified atom stereocenters. The van der Waals surface area contributed by atoms with E-state index in [9.17, 15) is 9.90 Å². The van der Waals surface area contributed by atoms with Crippen LogP contribution in [0.3, 0.4) is 0 Å². The zero-order valence-corrected chi connectivity index (χ0v) is 10.5. The van der Waals surface area contributed by atoms with Crippen molar-refractivity contribution in [2.75, 3.05) is 13.7 Å². The third kappa shape index (κ3) is 3.35. The fraction of sp³-hybridized carbons (Fsp3) is 0.214. The van der Waals surface area contributed by atoms with Gasteiger partial charge in [0.15, 0.2) is 0 Å². The lowest BCUT2D eigenvalue weighted by molar-refractivity contribution is 0.147. The lowest BCUT2D eigenvalue weighted by atomic mass is 10.1. The number of furan rings is 1. The van der Waals surface area contributed by atoms with Crippen LogP contribution in [0, 0.1) is 0 Å². The van der Waals surface area contributed by atoms with E-state index in [-0.39, 0.29) is 6.54 Å². The molecule has 1 amide bonds. The number of hydrogen-bond donors (Lipinski definition) is 2. The number of methoxy groups -OCH3 is 1. The maximum atomic E-state index is 10.9. The highest BCUT2D eigenvalue weighted by atomic mass is 16.5. The third-order valence-electron chi connectivity index (χ3n) is 2.73. The predicted molar refractivity (Wildman–Crippen MR) is 69.5 cm³/mol. The molecule has 0 aliphatic carbocycles. The molecule has 100 valence electrons. The smallest absolute Gasteiger partial charge is 0.406 e. The first-order chi connectivity index (χ1) is 9.20. The summed E-state index contributed by atoms with van der Waals surface area (Å²) >= 11 is 0. The van der Waals surface area contributed by atoms with Gasteiger partial charge in [0.1, 0.15) is 5.76 Å². The van der Waals surface area contributed by atoms with Crippen LogP contribution in [-0.4, -0.2) is 24.9 Å². The number of amides is 1. The quantitative estimate of drug-likeness (QED) is 0.886. The molecule has 1 heterocycles. The predicted octanol–water partition coefficient (Wildman–Crippen LogP) is 2.34. The van der Waals surface area contributed by atoms with E-state index in [2.05, 4.69) is 10.1 Å². The first-order valence-corrected chi connectivity index (χ1v) is 5.84. The minimum Gasteiger partial charge on any atom is -0.464 e. The molecular formula is C14H15NO4. The van der Waals surface area contributed by atoms with Gasteiger partial charge in [0, 0.05) is 5.56 Å². The van der Waals surface area contributed by atoms with Gasteiger partial charge in [-0.2, -0.15) is 0 Å². The van der Waals surface area contributed by atoms with Gasteiger partial charge in [-0.05, 0) is 17.7 Å². The van der Waals surface area contributed by atoms with E-state index in [4.69, 9.17) is 4.42 Å². The Bertz CT molecular complexity index is 519. The van der Waals surface area contributed by atoms with Gasteiger partial charge in [-0.3, -0.25) is 0 Å². The number of alkyl carbamates (subject to hydrolysis) is 1. The highest BCUT2D eigenvalue weighted by Gasteiger charge is 2.10. The second-order valence-electron chi connectivity index (χ2n) is 3.99. The Morgan fingerprint density at radius 3 is 2.68 bits per heavy atom. The van der Waals surface area contributed by atoms with Gasteiger partial charge in [-0.25, -0.2) is 4.79 Å². The van der Waals surface area contributed by atoms with Crippen molar-refractivity contribution in [1.29, 1.82) is 0 Å². The van der Waals surface area contributed by atoms with E-state index in [1.54, 1.807) is 18.4 Å². The summed E-state index contributed by atoms with van der Waals surface area (Å²) in [5, 5.41) is 12.3. The molecule has 2 rings (SSSR count). The second kappa shape index (κ2) is 6.06. The number of aliphatic hydroxyl groups excluding tert-OH is 1. The fourth-order valence-electron chi connectivity index (χ4n) is 1.68. The molecule has 19 heavy (non-hydrogen) atoms. The summed E-state index contributed by atoms with van der Waals surface area (Å²) in [5.41, 5.74) is 1.65. The monoisotopic (exact) mass is 261 g/mol. The molecule has 1 aromatic carbocycles. The minimum absolute atomic E-state index is 0.104. The molecule has 2 N–H and O–H groups in total. The highest BCUT2D eigenvalue weighted by Crippen LogP contribution is 2.22. The van der Waals surface area contributed by atoms with Crippen LogP contribution in [-0.2, 0) is 4.74 Å². The molecule has 0 aliphatic heterocycles. The van der Waals surface area contributed by atoms with Crippen LogP contribution in [0.15, 0.2) is 47.1 Å². The number of carbonyl (C=O) groups excluding carboxylic acids is 1. The Balaban J connectivity index is 2.00. The molecule has 0 radical (unpaired) electrons. The topological polar surface area (TPSA) is 71.7 Å². The minimum atomic E-state index is -0.773. The van der Waals surface area contributed by atoms with Crippen LogP contribution in [0.2, 0.25) is 0 Å². The van der Waals surface area contributed by atoms with Gasteiger partial charge in [0.05, 0.1) is 26.0 Å². The van der Waals surface area contributed by atoms with Crippen molar-refractivity contribution in [2.24, 2.45) is 0 Å². The number of nitrogens with one attached hydrogen (secondary N) is 1. The summed E-state index contributed by atoms with van der Waals surface area (Å²) in [7, 11) is 1.28. The highest BCUT2D eigenvalue weighted by molar-refractivity contribution is 5.66. The fourth-order valence-corrected chi connectivity index (χ4v) is 1.68. The van der Waals surface area contributed by atoms with E-state index in [1.165, 1.54) is 7.11 Å². The van der Waals surface area contributed by atoms with Crippen molar-refractivity contribution >= 4 is 6.09 Å². The molecule has 1 atom stereocenters. The van der Waals surface area contributed by atoms with Gasteiger partial charge >= 0.3 is 6.09 Å². The zero-order chi connectivity index (χ0) is 13.7. The van der Waals surface area contributed by atoms with E-state index in [0.29, 0.717) is 5.56 Å². The second-order valence-corrected chi connectivity index (χ2v) is 3.99. The lowest BCUT2D eigenvalue weighted by Gasteiger charge is -2.11. The van der Waals surface area contributed by atoms with E-state index in [1.807, 2.05) is 24.3 Å². The Labute approximate surface area is 110 Å². The first kappa shape index (κ1) is 13.2. The number of hydrogen-bond acceptors (Lipinski definition) is 4. The van der Waals surface area contributed by atoms with E-state index >= 15 is 0 Å². The summed E-state index contributed by atoms with van der Waals surface area (Å²) < 4.78 is 9.71. The summed E-state index contributed by atoms with van der Waals surface area (Å²) in [4.78, 5) is 10.9. The lowest BCUT2D eigenvalue weighted by Crippen LogP contribution is -2.28. The molecule has 1 aromatic heterocycles. The molecule has 5 nitrogen and oxygen atoms in total. The first-order valence-electron chi connectivity index (χ1n) is 5.84. The Kier molecular flexibility index (Phi) is 4.20. The molecule has 2 aromatic rings. The van der Waals surface area contributed by atoms with Gasteiger partial charge < -0.3 is 19.6 Å². The molecule has 5 heteroatoms. The average Bonchev–Trinajstić information content (AvgIpc) is 2.98. The Hall–Kier alpha value is -2.27. The largest absolute Gasteiger partial charge is 0.464 e. The van der Waals surface area contributed by atoms with Gasteiger partial charge in [-0.15, -0.1) is 0 Å². The van der Waals surface area contributed by atoms with Crippen LogP contribution >= 0.6 is 0 Å². The molecule has 0 spiro atoms. The zero-order valence-electron chi connectivity index (χ0n) is 10.5. The SMILES string of the molecule is COC(=O)NC[C@@H](O)c1ccc(-c2ccco2)cc1. The van der Waals surface area contributed by atoms with Gasteiger partial charge in [-0.1, -0.05) is 24.3 Å². The van der Waals surface area contributed by atoms with E-state index in [0.717, 1.165) is 11.3 Å². The molecule has 0 saturated heterocycles. The van der Waals surface area contributed by atoms with Gasteiger partial charge in [0.2, 0.25) is 0 Å². The van der Waals surface area contributed by atoms with Crippen molar-refractivity contribution in [2.45, 2.75) is 6.10 Å². The van der Waals surface area contributed by atoms with Gasteiger partial charge in [0.25, 0.3) is 0 Å². The van der Waals surface area contributed by atoms with Crippen LogP contribution < -0.4 is 5.32 Å². The summed E-state index contributed by atoms with van der Waals surface area (Å²) in [5.74, 6) is 0.772. The summed E-state index contributed by atoms with van der Waals surface area (Å²) in [6, 6.07) is 11.0. The van der Waals surface area contributed by atoms with Crippen molar-refractivity contribution in [3.63, 3.8) is 0 Å². The standard InChI is InChI=1S/C14H15NO4/c1-18-14(17)15-9-12(16)10-4-6-11(7-5-10)13-3-2-8-19-13/h2-8,12,16H,9H2,1H3,(H,15,17)/t12-/m1/s1. The molecule has 0 bridgehead atoms. The molecular weight excluding hydrogens is 246 g/mol. The number of ether oxygens (including phenoxy) is 1. The number of aliphatic hydroxyl groups is 1. The normalized spacial score (nSPS) is 11.9. The average molecular weight is 261 g/mol. The molecule has 0 saturated carbocycles. The van der Waals surface area contributed by atoms with Crippen LogP contribution in [0.5, 0.6) is 0 Å².